The van der Waals surface area contributed by atoms with Gasteiger partial charge in [0.2, 0.25) is 5.95 Å². The molecule has 0 bridgehead atoms. The molecule has 2 N–H and O–H groups in total. The summed E-state index contributed by atoms with van der Waals surface area (Å²) in [5.41, 5.74) is 3.29. The van der Waals surface area contributed by atoms with E-state index in [2.05, 4.69) is 31.3 Å². The van der Waals surface area contributed by atoms with E-state index in [4.69, 9.17) is 15.1 Å². The molecule has 0 aliphatic carbocycles. The fourth-order valence-electron chi connectivity index (χ4n) is 3.31. The van der Waals surface area contributed by atoms with Gasteiger partial charge in [0, 0.05) is 17.8 Å². The van der Waals surface area contributed by atoms with Gasteiger partial charge >= 0.3 is 0 Å². The summed E-state index contributed by atoms with van der Waals surface area (Å²) in [5.74, 6) is 1.38. The van der Waals surface area contributed by atoms with Crippen LogP contribution in [0.3, 0.4) is 0 Å². The zero-order chi connectivity index (χ0) is 19.0. The van der Waals surface area contributed by atoms with E-state index in [1.165, 1.54) is 16.0 Å². The van der Waals surface area contributed by atoms with Crippen molar-refractivity contribution in [1.82, 2.24) is 19.6 Å². The second kappa shape index (κ2) is 7.25. The lowest BCUT2D eigenvalue weighted by atomic mass is 10.1. The number of hydrogen-bond donors (Lipinski definition) is 2. The average molecular weight is 382 g/mol. The van der Waals surface area contributed by atoms with Gasteiger partial charge in [0.15, 0.2) is 11.5 Å². The molecule has 3 heterocycles. The van der Waals surface area contributed by atoms with Crippen molar-refractivity contribution in [2.45, 2.75) is 39.7 Å². The van der Waals surface area contributed by atoms with E-state index in [0.29, 0.717) is 18.9 Å². The highest BCUT2D eigenvalue weighted by molar-refractivity contribution is 7.18. The molecule has 0 aliphatic heterocycles. The number of rotatable bonds is 6. The zero-order valence-corrected chi connectivity index (χ0v) is 16.5. The predicted octanol–water partition coefficient (Wildman–Crippen LogP) is 3.59. The van der Waals surface area contributed by atoms with Crippen LogP contribution < -0.4 is 5.32 Å². The van der Waals surface area contributed by atoms with Crippen molar-refractivity contribution >= 4 is 33.1 Å². The van der Waals surface area contributed by atoms with Crippen molar-refractivity contribution < 1.29 is 5.11 Å². The summed E-state index contributed by atoms with van der Waals surface area (Å²) in [6, 6.07) is 10.2. The Balaban J connectivity index is 1.88. The van der Waals surface area contributed by atoms with Gasteiger partial charge in [-0.3, -0.25) is 0 Å². The molecule has 0 fully saturated rings. The Hall–Kier alpha value is -2.51. The third-order valence-electron chi connectivity index (χ3n) is 4.59. The van der Waals surface area contributed by atoms with E-state index in [0.717, 1.165) is 28.1 Å². The lowest BCUT2D eigenvalue weighted by molar-refractivity contribution is 0.208. The first-order valence-electron chi connectivity index (χ1n) is 9.20. The molecule has 140 valence electrons. The first-order valence-corrected chi connectivity index (χ1v) is 10.0. The molecular weight excluding hydrogens is 358 g/mol. The van der Waals surface area contributed by atoms with Crippen molar-refractivity contribution in [3.8, 4) is 0 Å². The Morgan fingerprint density at radius 3 is 2.70 bits per heavy atom. The summed E-state index contributed by atoms with van der Waals surface area (Å²) in [6.45, 7) is 6.44. The Morgan fingerprint density at radius 2 is 2.00 bits per heavy atom. The fraction of sp³-hybridized carbons (Fsp3) is 0.350. The van der Waals surface area contributed by atoms with E-state index < -0.39 is 6.10 Å². The molecule has 0 saturated carbocycles. The third-order valence-corrected chi connectivity index (χ3v) is 5.63. The van der Waals surface area contributed by atoms with Gasteiger partial charge in [-0.15, -0.1) is 16.4 Å². The maximum Gasteiger partial charge on any atom is 0.227 e. The van der Waals surface area contributed by atoms with Crippen molar-refractivity contribution in [3.63, 3.8) is 0 Å². The van der Waals surface area contributed by atoms with Crippen LogP contribution in [-0.2, 0) is 12.8 Å². The third kappa shape index (κ3) is 3.40. The molecule has 7 heteroatoms. The molecule has 0 spiro atoms. The Kier molecular flexibility index (Phi) is 4.80. The monoisotopic (exact) mass is 381 g/mol. The molecule has 1 aromatic carbocycles. The summed E-state index contributed by atoms with van der Waals surface area (Å²) in [4.78, 5) is 11.9. The topological polar surface area (TPSA) is 75.3 Å². The molecule has 4 rings (SSSR count). The van der Waals surface area contributed by atoms with Gasteiger partial charge in [0.05, 0.1) is 11.5 Å². The van der Waals surface area contributed by atoms with E-state index in [1.54, 1.807) is 22.8 Å². The number of anilines is 1. The van der Waals surface area contributed by atoms with Crippen LogP contribution in [0.4, 0.5) is 5.95 Å². The van der Waals surface area contributed by atoms with Crippen LogP contribution in [0, 0.1) is 6.92 Å². The van der Waals surface area contributed by atoms with Crippen LogP contribution in [-0.4, -0.2) is 37.3 Å². The minimum absolute atomic E-state index is 0.409. The van der Waals surface area contributed by atoms with E-state index in [-0.39, 0.29) is 0 Å². The number of nitrogens with zero attached hydrogens (tertiary/aromatic N) is 4. The van der Waals surface area contributed by atoms with Crippen LogP contribution in [0.5, 0.6) is 0 Å². The number of benzene rings is 1. The molecule has 27 heavy (non-hydrogen) atoms. The van der Waals surface area contributed by atoms with Crippen molar-refractivity contribution in [1.29, 1.82) is 0 Å². The van der Waals surface area contributed by atoms with Crippen molar-refractivity contribution in [2.75, 3.05) is 11.9 Å². The highest BCUT2D eigenvalue weighted by Crippen LogP contribution is 2.33. The number of hydrogen-bond acceptors (Lipinski definition) is 6. The fourth-order valence-corrected chi connectivity index (χ4v) is 4.42. The van der Waals surface area contributed by atoms with Gasteiger partial charge in [0.1, 0.15) is 4.83 Å². The summed E-state index contributed by atoms with van der Waals surface area (Å²) in [6.07, 6.45) is 1.13. The minimum Gasteiger partial charge on any atom is -0.392 e. The maximum atomic E-state index is 9.65. The molecule has 0 radical (unpaired) electrons. The van der Waals surface area contributed by atoms with Gasteiger partial charge < -0.3 is 10.4 Å². The Bertz CT molecular complexity index is 1080. The molecule has 1 atom stereocenters. The lowest BCUT2D eigenvalue weighted by Crippen LogP contribution is -2.18. The molecule has 0 amide bonds. The number of aromatic nitrogens is 4. The molecule has 6 nitrogen and oxygen atoms in total. The first-order chi connectivity index (χ1) is 13.1. The SMILES string of the molecule is CCc1c(C)sc2nc(NC[C@H](C)O)n3nc(Cc4ccccc4)nc3c12. The van der Waals surface area contributed by atoms with Crippen molar-refractivity contribution in [3.05, 3.63) is 52.2 Å². The zero-order valence-electron chi connectivity index (χ0n) is 15.7. The van der Waals surface area contributed by atoms with Crippen LogP contribution in [0.2, 0.25) is 0 Å². The summed E-state index contributed by atoms with van der Waals surface area (Å²) in [5, 5.41) is 18.7. The van der Waals surface area contributed by atoms with Crippen LogP contribution in [0.1, 0.15) is 35.7 Å². The maximum absolute atomic E-state index is 9.65. The number of aryl methyl sites for hydroxylation is 2. The predicted molar refractivity (Wildman–Crippen MR) is 110 cm³/mol. The highest BCUT2D eigenvalue weighted by atomic mass is 32.1. The smallest absolute Gasteiger partial charge is 0.227 e. The highest BCUT2D eigenvalue weighted by Gasteiger charge is 2.19. The molecular formula is C20H23N5OS. The largest absolute Gasteiger partial charge is 0.392 e. The van der Waals surface area contributed by atoms with E-state index in [1.807, 2.05) is 18.2 Å². The average Bonchev–Trinajstić information content (AvgIpc) is 3.20. The number of thiophene rings is 1. The molecule has 0 aliphatic rings. The van der Waals surface area contributed by atoms with Gasteiger partial charge in [-0.1, -0.05) is 37.3 Å². The lowest BCUT2D eigenvalue weighted by Gasteiger charge is -2.09. The van der Waals surface area contributed by atoms with Crippen LogP contribution in [0.15, 0.2) is 30.3 Å². The molecule has 0 saturated heterocycles. The quantitative estimate of drug-likeness (QED) is 0.534. The van der Waals surface area contributed by atoms with Gasteiger partial charge in [-0.05, 0) is 31.4 Å². The van der Waals surface area contributed by atoms with Crippen LogP contribution in [0.25, 0.3) is 15.9 Å². The summed E-state index contributed by atoms with van der Waals surface area (Å²) < 4.78 is 1.79. The van der Waals surface area contributed by atoms with E-state index in [9.17, 15) is 5.11 Å². The standard InChI is InChI=1S/C20H23N5OS/c1-4-15-13(3)27-19-17(15)18-22-16(10-14-8-6-5-7-9-14)24-25(18)20(23-19)21-11-12(2)26/h5-9,12,26H,4,10-11H2,1-3H3,(H,21,23)/t12-/m0/s1. The second-order valence-corrected chi connectivity index (χ2v) is 7.96. The van der Waals surface area contributed by atoms with E-state index >= 15 is 0 Å². The van der Waals surface area contributed by atoms with Gasteiger partial charge in [0.25, 0.3) is 0 Å². The normalized spacial score (nSPS) is 12.7. The second-order valence-electron chi connectivity index (χ2n) is 6.76. The Labute approximate surface area is 161 Å². The molecule has 4 aromatic rings. The number of nitrogens with one attached hydrogen (secondary N) is 1. The summed E-state index contributed by atoms with van der Waals surface area (Å²) in [7, 11) is 0. The van der Waals surface area contributed by atoms with Crippen LogP contribution >= 0.6 is 11.3 Å². The number of aliphatic hydroxyl groups is 1. The van der Waals surface area contributed by atoms with Crippen molar-refractivity contribution in [2.24, 2.45) is 0 Å². The summed E-state index contributed by atoms with van der Waals surface area (Å²) >= 11 is 1.69. The first kappa shape index (κ1) is 17.9. The number of aliphatic hydroxyl groups excluding tert-OH is 1. The molecule has 3 aromatic heterocycles. The Morgan fingerprint density at radius 1 is 1.22 bits per heavy atom. The molecule has 0 unspecified atom stereocenters. The minimum atomic E-state index is -0.471. The van der Waals surface area contributed by atoms with Gasteiger partial charge in [-0.2, -0.15) is 4.52 Å². The number of fused-ring (bicyclic) bond motifs is 3. The van der Waals surface area contributed by atoms with Gasteiger partial charge in [-0.25, -0.2) is 9.97 Å².